The van der Waals surface area contributed by atoms with E-state index < -0.39 is 0 Å². The first-order chi connectivity index (χ1) is 4.27. The van der Waals surface area contributed by atoms with Crippen molar-refractivity contribution >= 4 is 0 Å². The number of unbranched alkanes of at least 4 members (excludes halogenated alkanes) is 1. The molecule has 0 saturated heterocycles. The van der Waals surface area contributed by atoms with Crippen LogP contribution >= 0.6 is 0 Å². The highest BCUT2D eigenvalue weighted by Crippen LogP contribution is 1.85. The molecule has 0 aromatic rings. The van der Waals surface area contributed by atoms with Crippen molar-refractivity contribution in [3.05, 3.63) is 0 Å². The molecule has 0 fully saturated rings. The molecule has 0 aromatic carbocycles. The van der Waals surface area contributed by atoms with Crippen LogP contribution in [0.15, 0.2) is 0 Å². The van der Waals surface area contributed by atoms with Crippen LogP contribution in [-0.2, 0) is 0 Å². The summed E-state index contributed by atoms with van der Waals surface area (Å²) in [6, 6.07) is 0.231. The van der Waals surface area contributed by atoms with Crippen LogP contribution < -0.4 is 5.73 Å². The molecule has 1 nitrogen and oxygen atoms in total. The third-order valence-electron chi connectivity index (χ3n) is 0.924. The third-order valence-corrected chi connectivity index (χ3v) is 0.924. The first-order valence-electron chi connectivity index (χ1n) is 3.48. The van der Waals surface area contributed by atoms with Crippen molar-refractivity contribution in [3.8, 4) is 11.8 Å². The van der Waals surface area contributed by atoms with E-state index in [0.717, 1.165) is 19.3 Å². The van der Waals surface area contributed by atoms with Crippen molar-refractivity contribution in [1.29, 1.82) is 0 Å². The molecule has 0 bridgehead atoms. The van der Waals surface area contributed by atoms with Crippen LogP contribution in [0.4, 0.5) is 0 Å². The Kier molecular flexibility index (Phi) is 5.35. The van der Waals surface area contributed by atoms with E-state index >= 15 is 0 Å². The van der Waals surface area contributed by atoms with Gasteiger partial charge in [0.2, 0.25) is 0 Å². The molecule has 0 aliphatic heterocycles. The summed E-state index contributed by atoms with van der Waals surface area (Å²) in [4.78, 5) is 0. The zero-order chi connectivity index (χ0) is 7.11. The standard InChI is InChI=1S/C8H15N/c1-3-4-5-6-7-8(2)9/h8H,3-4,7,9H2,1-2H3. The van der Waals surface area contributed by atoms with Gasteiger partial charge in [-0.05, 0) is 13.3 Å². The van der Waals surface area contributed by atoms with Gasteiger partial charge in [-0.25, -0.2) is 0 Å². The van der Waals surface area contributed by atoms with Crippen LogP contribution in [0.1, 0.15) is 33.1 Å². The van der Waals surface area contributed by atoms with Crippen LogP contribution in [0.2, 0.25) is 0 Å². The van der Waals surface area contributed by atoms with Gasteiger partial charge in [0.15, 0.2) is 0 Å². The maximum absolute atomic E-state index is 5.47. The fourth-order valence-electron chi connectivity index (χ4n) is 0.447. The summed E-state index contributed by atoms with van der Waals surface area (Å²) in [6.45, 7) is 4.10. The normalized spacial score (nSPS) is 11.9. The van der Waals surface area contributed by atoms with E-state index in [1.54, 1.807) is 0 Å². The highest BCUT2D eigenvalue weighted by Gasteiger charge is 1.84. The molecular weight excluding hydrogens is 110 g/mol. The van der Waals surface area contributed by atoms with Gasteiger partial charge in [-0.15, -0.1) is 11.8 Å². The van der Waals surface area contributed by atoms with Crippen LogP contribution in [0.5, 0.6) is 0 Å². The molecule has 9 heavy (non-hydrogen) atoms. The Morgan fingerprint density at radius 2 is 2.11 bits per heavy atom. The van der Waals surface area contributed by atoms with Crippen molar-refractivity contribution in [1.82, 2.24) is 0 Å². The van der Waals surface area contributed by atoms with Crippen molar-refractivity contribution < 1.29 is 0 Å². The summed E-state index contributed by atoms with van der Waals surface area (Å²) in [5.74, 6) is 6.05. The van der Waals surface area contributed by atoms with Gasteiger partial charge in [0, 0.05) is 18.9 Å². The van der Waals surface area contributed by atoms with Gasteiger partial charge in [-0.3, -0.25) is 0 Å². The molecule has 1 heteroatoms. The smallest absolute Gasteiger partial charge is 0.0238 e. The van der Waals surface area contributed by atoms with E-state index in [0.29, 0.717) is 0 Å². The van der Waals surface area contributed by atoms with Crippen LogP contribution in [0.25, 0.3) is 0 Å². The molecule has 0 amide bonds. The van der Waals surface area contributed by atoms with E-state index in [4.69, 9.17) is 5.73 Å². The molecular formula is C8H15N. The van der Waals surface area contributed by atoms with E-state index in [1.807, 2.05) is 6.92 Å². The van der Waals surface area contributed by atoms with E-state index in [2.05, 4.69) is 18.8 Å². The van der Waals surface area contributed by atoms with Gasteiger partial charge in [-0.2, -0.15) is 0 Å². The van der Waals surface area contributed by atoms with Crippen molar-refractivity contribution in [2.45, 2.75) is 39.2 Å². The lowest BCUT2D eigenvalue weighted by Crippen LogP contribution is -2.12. The molecule has 0 heterocycles. The summed E-state index contributed by atoms with van der Waals surface area (Å²) in [6.07, 6.45) is 2.98. The minimum Gasteiger partial charge on any atom is -0.327 e. The minimum absolute atomic E-state index is 0.231. The Morgan fingerprint density at radius 3 is 2.56 bits per heavy atom. The summed E-state index contributed by atoms with van der Waals surface area (Å²) >= 11 is 0. The maximum Gasteiger partial charge on any atom is 0.0238 e. The Labute approximate surface area is 57.6 Å². The first-order valence-corrected chi connectivity index (χ1v) is 3.48. The van der Waals surface area contributed by atoms with Gasteiger partial charge in [0.1, 0.15) is 0 Å². The average molecular weight is 125 g/mol. The van der Waals surface area contributed by atoms with E-state index in [9.17, 15) is 0 Å². The predicted molar refractivity (Wildman–Crippen MR) is 41.0 cm³/mol. The molecule has 0 saturated carbocycles. The number of nitrogens with two attached hydrogens (primary N) is 1. The highest BCUT2D eigenvalue weighted by molar-refractivity contribution is 4.99. The SMILES string of the molecule is CCCC#CCC(C)N. The zero-order valence-electron chi connectivity index (χ0n) is 6.28. The quantitative estimate of drug-likeness (QED) is 0.556. The molecule has 0 radical (unpaired) electrons. The second-order valence-electron chi connectivity index (χ2n) is 2.28. The van der Waals surface area contributed by atoms with Gasteiger partial charge in [-0.1, -0.05) is 6.92 Å². The Morgan fingerprint density at radius 1 is 1.44 bits per heavy atom. The second kappa shape index (κ2) is 5.65. The fraction of sp³-hybridized carbons (Fsp3) is 0.750. The average Bonchev–Trinajstić information content (AvgIpc) is 1.80. The molecule has 0 aliphatic rings. The Bertz CT molecular complexity index is 105. The van der Waals surface area contributed by atoms with Crippen LogP contribution in [-0.4, -0.2) is 6.04 Å². The zero-order valence-corrected chi connectivity index (χ0v) is 6.28. The Balaban J connectivity index is 3.16. The van der Waals surface area contributed by atoms with Gasteiger partial charge in [0.05, 0.1) is 0 Å². The van der Waals surface area contributed by atoms with Crippen molar-refractivity contribution in [2.24, 2.45) is 5.73 Å². The molecule has 52 valence electrons. The maximum atomic E-state index is 5.47. The van der Waals surface area contributed by atoms with E-state index in [-0.39, 0.29) is 6.04 Å². The number of hydrogen-bond donors (Lipinski definition) is 1. The topological polar surface area (TPSA) is 26.0 Å². The number of hydrogen-bond acceptors (Lipinski definition) is 1. The molecule has 1 atom stereocenters. The van der Waals surface area contributed by atoms with Gasteiger partial charge in [0.25, 0.3) is 0 Å². The number of rotatable bonds is 2. The summed E-state index contributed by atoms with van der Waals surface area (Å²) in [5, 5.41) is 0. The lowest BCUT2D eigenvalue weighted by atomic mass is 10.2. The predicted octanol–water partition coefficient (Wildman–Crippen LogP) is 1.53. The molecule has 0 aliphatic carbocycles. The van der Waals surface area contributed by atoms with Crippen molar-refractivity contribution in [2.75, 3.05) is 0 Å². The summed E-state index contributed by atoms with van der Waals surface area (Å²) in [5.41, 5.74) is 5.47. The monoisotopic (exact) mass is 125 g/mol. The molecule has 0 rings (SSSR count). The van der Waals surface area contributed by atoms with Gasteiger partial charge >= 0.3 is 0 Å². The lowest BCUT2D eigenvalue weighted by Gasteiger charge is -1.93. The van der Waals surface area contributed by atoms with Gasteiger partial charge < -0.3 is 5.73 Å². The van der Waals surface area contributed by atoms with Crippen LogP contribution in [0, 0.1) is 11.8 Å². The highest BCUT2D eigenvalue weighted by atomic mass is 14.6. The molecule has 0 spiro atoms. The van der Waals surface area contributed by atoms with Crippen LogP contribution in [0.3, 0.4) is 0 Å². The fourth-order valence-corrected chi connectivity index (χ4v) is 0.447. The lowest BCUT2D eigenvalue weighted by molar-refractivity contribution is 0.769. The largest absolute Gasteiger partial charge is 0.327 e. The third kappa shape index (κ3) is 7.52. The summed E-state index contributed by atoms with van der Waals surface area (Å²) < 4.78 is 0. The molecule has 0 aromatic heterocycles. The Hall–Kier alpha value is -0.480. The minimum atomic E-state index is 0.231. The molecule has 2 N–H and O–H groups in total. The van der Waals surface area contributed by atoms with Crippen molar-refractivity contribution in [3.63, 3.8) is 0 Å². The summed E-state index contributed by atoms with van der Waals surface area (Å²) in [7, 11) is 0. The first kappa shape index (κ1) is 8.52. The van der Waals surface area contributed by atoms with E-state index in [1.165, 1.54) is 0 Å². The second-order valence-corrected chi connectivity index (χ2v) is 2.28. The molecule has 1 unspecified atom stereocenters.